The van der Waals surface area contributed by atoms with E-state index in [0.29, 0.717) is 0 Å². The number of nitrogens with zero attached hydrogens (tertiary/aromatic N) is 5. The van der Waals surface area contributed by atoms with Crippen molar-refractivity contribution >= 4 is 17.5 Å². The van der Waals surface area contributed by atoms with Crippen molar-refractivity contribution in [2.24, 2.45) is 0 Å². The molecule has 2 fully saturated rings. The highest BCUT2D eigenvalue weighted by Crippen LogP contribution is 2.28. The molecule has 2 aliphatic heterocycles. The van der Waals surface area contributed by atoms with Crippen LogP contribution in [-0.4, -0.2) is 62.1 Å². The molecule has 9 heteroatoms. The molecule has 4 rings (SSSR count). The number of anilines is 1. The van der Waals surface area contributed by atoms with Crippen molar-refractivity contribution in [1.82, 2.24) is 35.8 Å². The first-order chi connectivity index (χ1) is 13.2. The third-order valence-corrected chi connectivity index (χ3v) is 5.52. The van der Waals surface area contributed by atoms with Gasteiger partial charge in [-0.15, -0.1) is 15.3 Å². The summed E-state index contributed by atoms with van der Waals surface area (Å²) in [4.78, 5) is 14.8. The van der Waals surface area contributed by atoms with Crippen molar-refractivity contribution in [3.8, 4) is 0 Å². The SMILES string of the molecule is CC1(C)CC(NC(=O)NC2CCN(c3ccc4nncn4n3)C2)CC(C)(C)N1. The minimum absolute atomic E-state index is 0.0103. The zero-order valence-corrected chi connectivity index (χ0v) is 17.1. The summed E-state index contributed by atoms with van der Waals surface area (Å²) in [6.07, 6.45) is 4.34. The third kappa shape index (κ3) is 4.19. The van der Waals surface area contributed by atoms with E-state index in [-0.39, 0.29) is 29.2 Å². The zero-order valence-electron chi connectivity index (χ0n) is 17.1. The second-order valence-electron chi connectivity index (χ2n) is 9.37. The van der Waals surface area contributed by atoms with Gasteiger partial charge >= 0.3 is 6.03 Å². The van der Waals surface area contributed by atoms with Crippen molar-refractivity contribution in [3.63, 3.8) is 0 Å². The zero-order chi connectivity index (χ0) is 19.9. The van der Waals surface area contributed by atoms with Gasteiger partial charge in [0.2, 0.25) is 0 Å². The Labute approximate surface area is 165 Å². The van der Waals surface area contributed by atoms with Crippen LogP contribution in [0.1, 0.15) is 47.0 Å². The number of urea groups is 1. The first-order valence-electron chi connectivity index (χ1n) is 9.98. The van der Waals surface area contributed by atoms with Crippen LogP contribution < -0.4 is 20.9 Å². The van der Waals surface area contributed by atoms with E-state index in [2.05, 4.69) is 63.8 Å². The van der Waals surface area contributed by atoms with E-state index < -0.39 is 0 Å². The molecule has 1 unspecified atom stereocenters. The molecule has 0 aromatic carbocycles. The fraction of sp³-hybridized carbons (Fsp3) is 0.684. The number of hydrogen-bond acceptors (Lipinski definition) is 6. The molecular formula is C19H30N8O. The maximum Gasteiger partial charge on any atom is 0.315 e. The van der Waals surface area contributed by atoms with Crippen LogP contribution in [-0.2, 0) is 0 Å². The maximum atomic E-state index is 12.6. The normalized spacial score (nSPS) is 24.4. The van der Waals surface area contributed by atoms with E-state index >= 15 is 0 Å². The van der Waals surface area contributed by atoms with Crippen molar-refractivity contribution in [3.05, 3.63) is 18.5 Å². The number of aromatic nitrogens is 4. The van der Waals surface area contributed by atoms with Gasteiger partial charge in [-0.2, -0.15) is 4.52 Å². The van der Waals surface area contributed by atoms with Crippen LogP contribution in [0, 0.1) is 0 Å². The molecule has 152 valence electrons. The molecule has 4 heterocycles. The predicted molar refractivity (Wildman–Crippen MR) is 107 cm³/mol. The van der Waals surface area contributed by atoms with E-state index in [1.54, 1.807) is 10.8 Å². The molecule has 1 atom stereocenters. The van der Waals surface area contributed by atoms with Gasteiger partial charge < -0.3 is 20.9 Å². The van der Waals surface area contributed by atoms with E-state index in [0.717, 1.165) is 43.8 Å². The van der Waals surface area contributed by atoms with Crippen LogP contribution in [0.25, 0.3) is 5.65 Å². The quantitative estimate of drug-likeness (QED) is 0.736. The molecule has 0 spiro atoms. The summed E-state index contributed by atoms with van der Waals surface area (Å²) in [6.45, 7) is 10.4. The summed E-state index contributed by atoms with van der Waals surface area (Å²) >= 11 is 0. The van der Waals surface area contributed by atoms with Gasteiger partial charge in [-0.25, -0.2) is 4.79 Å². The van der Waals surface area contributed by atoms with E-state index in [1.807, 2.05) is 12.1 Å². The van der Waals surface area contributed by atoms with Gasteiger partial charge in [-0.3, -0.25) is 0 Å². The van der Waals surface area contributed by atoms with Crippen LogP contribution in [0.5, 0.6) is 0 Å². The third-order valence-electron chi connectivity index (χ3n) is 5.52. The van der Waals surface area contributed by atoms with Crippen molar-refractivity contribution in [2.45, 2.75) is 70.1 Å². The van der Waals surface area contributed by atoms with E-state index in [9.17, 15) is 4.79 Å². The highest BCUT2D eigenvalue weighted by molar-refractivity contribution is 5.74. The van der Waals surface area contributed by atoms with Gasteiger partial charge in [-0.1, -0.05) is 0 Å². The molecule has 2 saturated heterocycles. The second-order valence-corrected chi connectivity index (χ2v) is 9.37. The Morgan fingerprint density at radius 3 is 2.61 bits per heavy atom. The van der Waals surface area contributed by atoms with Gasteiger partial charge in [0.25, 0.3) is 0 Å². The van der Waals surface area contributed by atoms with Crippen molar-refractivity contribution < 1.29 is 4.79 Å². The van der Waals surface area contributed by atoms with Crippen LogP contribution in [0.3, 0.4) is 0 Å². The highest BCUT2D eigenvalue weighted by atomic mass is 16.2. The fourth-order valence-corrected chi connectivity index (χ4v) is 4.81. The summed E-state index contributed by atoms with van der Waals surface area (Å²) in [5.41, 5.74) is 0.747. The first-order valence-corrected chi connectivity index (χ1v) is 9.98. The minimum atomic E-state index is -0.0763. The highest BCUT2D eigenvalue weighted by Gasteiger charge is 2.38. The van der Waals surface area contributed by atoms with Gasteiger partial charge in [0.1, 0.15) is 12.1 Å². The lowest BCUT2D eigenvalue weighted by molar-refractivity contribution is 0.147. The number of carbonyl (C=O) groups is 1. The van der Waals surface area contributed by atoms with Crippen molar-refractivity contribution in [1.29, 1.82) is 0 Å². The summed E-state index contributed by atoms with van der Waals surface area (Å²) in [5.74, 6) is 0.874. The molecule has 3 N–H and O–H groups in total. The lowest BCUT2D eigenvalue weighted by atomic mass is 9.80. The molecular weight excluding hydrogens is 356 g/mol. The summed E-state index contributed by atoms with van der Waals surface area (Å²) in [5, 5.41) is 22.4. The molecule has 0 bridgehead atoms. The van der Waals surface area contributed by atoms with Gasteiger partial charge in [0.05, 0.1) is 0 Å². The van der Waals surface area contributed by atoms with Crippen LogP contribution in [0.15, 0.2) is 18.5 Å². The van der Waals surface area contributed by atoms with Crippen LogP contribution in [0.4, 0.5) is 10.6 Å². The monoisotopic (exact) mass is 386 g/mol. The molecule has 0 aliphatic carbocycles. The molecule has 2 amide bonds. The van der Waals surface area contributed by atoms with Crippen LogP contribution in [0.2, 0.25) is 0 Å². The van der Waals surface area contributed by atoms with Crippen molar-refractivity contribution in [2.75, 3.05) is 18.0 Å². The van der Waals surface area contributed by atoms with Gasteiger partial charge in [-0.05, 0) is 59.1 Å². The molecule has 0 radical (unpaired) electrons. The van der Waals surface area contributed by atoms with Gasteiger partial charge in [0, 0.05) is 36.3 Å². The average Bonchev–Trinajstić information content (AvgIpc) is 3.19. The Morgan fingerprint density at radius 1 is 1.14 bits per heavy atom. The Balaban J connectivity index is 1.32. The first kappa shape index (κ1) is 18.9. The molecule has 0 saturated carbocycles. The Bertz CT molecular complexity index is 844. The summed E-state index contributed by atoms with van der Waals surface area (Å²) in [6, 6.07) is 4.06. The fourth-order valence-electron chi connectivity index (χ4n) is 4.81. The van der Waals surface area contributed by atoms with Crippen LogP contribution >= 0.6 is 0 Å². The Morgan fingerprint density at radius 2 is 1.86 bits per heavy atom. The number of piperidine rings is 1. The number of carbonyl (C=O) groups excluding carboxylic acids is 1. The standard InChI is InChI=1S/C19H30N8O/c1-18(2)9-14(10-19(3,4)25-18)22-17(28)21-13-7-8-26(11-13)16-6-5-15-23-20-12-27(15)24-16/h5-6,12-14,25H,7-11H2,1-4H3,(H2,21,22,28). The second kappa shape index (κ2) is 6.88. The number of fused-ring (bicyclic) bond motifs is 1. The Kier molecular flexibility index (Phi) is 4.65. The summed E-state index contributed by atoms with van der Waals surface area (Å²) in [7, 11) is 0. The maximum absolute atomic E-state index is 12.6. The number of hydrogen-bond donors (Lipinski definition) is 3. The Hall–Kier alpha value is -2.42. The number of rotatable bonds is 3. The smallest absolute Gasteiger partial charge is 0.315 e. The molecule has 2 aliphatic rings. The van der Waals surface area contributed by atoms with E-state index in [4.69, 9.17) is 0 Å². The number of nitrogens with one attached hydrogen (secondary N) is 3. The molecule has 2 aromatic rings. The topological polar surface area (TPSA) is 99.5 Å². The predicted octanol–water partition coefficient (Wildman–Crippen LogP) is 1.31. The average molecular weight is 387 g/mol. The van der Waals surface area contributed by atoms with E-state index in [1.165, 1.54) is 0 Å². The lowest BCUT2D eigenvalue weighted by Crippen LogP contribution is -2.63. The molecule has 28 heavy (non-hydrogen) atoms. The molecule has 9 nitrogen and oxygen atoms in total. The lowest BCUT2D eigenvalue weighted by Gasteiger charge is -2.46. The van der Waals surface area contributed by atoms with Gasteiger partial charge in [0.15, 0.2) is 5.65 Å². The minimum Gasteiger partial charge on any atom is -0.353 e. The summed E-state index contributed by atoms with van der Waals surface area (Å²) < 4.78 is 1.67. The number of amides is 2. The molecule has 2 aromatic heterocycles. The largest absolute Gasteiger partial charge is 0.353 e.